The Bertz CT molecular complexity index is 2110. The molecule has 4 aliphatic carbocycles. The summed E-state index contributed by atoms with van der Waals surface area (Å²) in [4.78, 5) is 69.9. The second kappa shape index (κ2) is 34.3. The molecule has 1 N–H and O–H groups in total. The highest BCUT2D eigenvalue weighted by atomic mass is 35.5. The van der Waals surface area contributed by atoms with Crippen molar-refractivity contribution in [2.24, 2.45) is 47.3 Å². The summed E-state index contributed by atoms with van der Waals surface area (Å²) in [5.74, 6) is 4.01. The number of phenolic OH excluding ortho intramolecular Hbond substituents is 1. The molecule has 416 valence electrons. The van der Waals surface area contributed by atoms with Crippen LogP contribution in [0.3, 0.4) is 0 Å². The molecule has 0 amide bonds. The molecule has 0 aromatic heterocycles. The van der Waals surface area contributed by atoms with E-state index >= 15 is 0 Å². The van der Waals surface area contributed by atoms with Crippen LogP contribution >= 0.6 is 11.6 Å². The molecule has 6 rings (SSSR count). The number of carbonyl (C=O) groups is 6. The van der Waals surface area contributed by atoms with E-state index in [9.17, 15) is 33.9 Å². The summed E-state index contributed by atoms with van der Waals surface area (Å²) in [6.07, 6.45) is 26.8. The highest BCUT2D eigenvalue weighted by Crippen LogP contribution is 2.44. The van der Waals surface area contributed by atoms with E-state index in [2.05, 4.69) is 27.0 Å². The van der Waals surface area contributed by atoms with Crippen molar-refractivity contribution in [3.63, 3.8) is 0 Å². The van der Waals surface area contributed by atoms with Crippen molar-refractivity contribution >= 4 is 46.7 Å². The third-order valence-corrected chi connectivity index (χ3v) is 16.2. The first-order chi connectivity index (χ1) is 36.2. The maximum Gasteiger partial charge on any atom is 0.338 e. The van der Waals surface area contributed by atoms with E-state index in [1.165, 1.54) is 116 Å². The second-order valence-corrected chi connectivity index (χ2v) is 20.9. The van der Waals surface area contributed by atoms with Crippen LogP contribution in [0.1, 0.15) is 176 Å². The van der Waals surface area contributed by atoms with Gasteiger partial charge in [-0.05, 0) is 186 Å². The largest absolute Gasteiger partial charge is 0.504 e. The van der Waals surface area contributed by atoms with Crippen LogP contribution < -0.4 is 14.2 Å². The fraction of sp³-hybridized carbons (Fsp3) is 0.633. The fourth-order valence-corrected chi connectivity index (χ4v) is 11.2. The number of ether oxygens (including phenoxy) is 7. The Morgan fingerprint density at radius 2 is 0.893 bits per heavy atom. The number of halogens is 1. The number of aromatic hydroxyl groups is 1. The van der Waals surface area contributed by atoms with Gasteiger partial charge in [0.15, 0.2) is 23.0 Å². The Labute approximate surface area is 450 Å². The van der Waals surface area contributed by atoms with E-state index in [1.807, 2.05) is 0 Å². The summed E-state index contributed by atoms with van der Waals surface area (Å²) in [5.41, 5.74) is 0.607. The van der Waals surface area contributed by atoms with Gasteiger partial charge in [0.05, 0.1) is 57.7 Å². The van der Waals surface area contributed by atoms with Crippen molar-refractivity contribution in [1.82, 2.24) is 0 Å². The van der Waals surface area contributed by atoms with E-state index in [0.717, 1.165) is 86.2 Å². The van der Waals surface area contributed by atoms with Gasteiger partial charge in [0.2, 0.25) is 5.24 Å². The molecule has 0 saturated heterocycles. The lowest BCUT2D eigenvalue weighted by Crippen LogP contribution is -2.30. The standard InChI is InChI=1S/C30H42O7.C15H25ClO.C15H18O6/c1-4-21-8-10-22(11-9-21)23-12-14-24(15-13-23)30(33)37-26-17-16-25(20-27(26)34-3)29(32)36-19-7-6-18-35-28(31)5-2;1-2-11-3-5-12(6-4-11)13-7-9-14(10-8-13)15(16)17;1-3-14(17)20-8-4-5-9-21-15(18)11-6-7-12(16)13(10-11)19-2/h5,16-17,20-24H,2,4,6-15,18-19H2,1,3H3;11-14H,2-10H2,1H3;3,6-7,10,16H,1,4-5,8-9H2,2H3. The normalized spacial score (nSPS) is 23.2. The van der Waals surface area contributed by atoms with Gasteiger partial charge < -0.3 is 38.3 Å². The van der Waals surface area contributed by atoms with Gasteiger partial charge >= 0.3 is 29.8 Å². The zero-order valence-electron chi connectivity index (χ0n) is 45.2. The molecule has 0 radical (unpaired) electrons. The summed E-state index contributed by atoms with van der Waals surface area (Å²) >= 11 is 5.59. The van der Waals surface area contributed by atoms with Gasteiger partial charge in [0.1, 0.15) is 0 Å². The highest BCUT2D eigenvalue weighted by Gasteiger charge is 2.35. The third kappa shape index (κ3) is 21.7. The average molecular weight is 1070 g/mol. The smallest absolute Gasteiger partial charge is 0.338 e. The van der Waals surface area contributed by atoms with Crippen molar-refractivity contribution in [1.29, 1.82) is 0 Å². The lowest BCUT2D eigenvalue weighted by molar-refractivity contribution is -0.141. The van der Waals surface area contributed by atoms with E-state index in [1.54, 1.807) is 12.1 Å². The van der Waals surface area contributed by atoms with Crippen molar-refractivity contribution in [2.45, 2.75) is 155 Å². The number of carbonyl (C=O) groups excluding carboxylic acids is 6. The van der Waals surface area contributed by atoms with Crippen molar-refractivity contribution in [2.75, 3.05) is 40.6 Å². The van der Waals surface area contributed by atoms with Crippen LogP contribution in [-0.4, -0.2) is 80.8 Å². The lowest BCUT2D eigenvalue weighted by Gasteiger charge is -2.37. The Balaban J connectivity index is 0.000000269. The molecule has 75 heavy (non-hydrogen) atoms. The maximum atomic E-state index is 12.9. The molecule has 0 spiro atoms. The van der Waals surface area contributed by atoms with Gasteiger partial charge in [-0.2, -0.15) is 0 Å². The van der Waals surface area contributed by atoms with Gasteiger partial charge in [0.25, 0.3) is 0 Å². The van der Waals surface area contributed by atoms with E-state index < -0.39 is 23.9 Å². The van der Waals surface area contributed by atoms with Crippen LogP contribution in [0.25, 0.3) is 0 Å². The molecule has 4 saturated carbocycles. The number of benzene rings is 2. The second-order valence-electron chi connectivity index (χ2n) is 20.5. The third-order valence-electron chi connectivity index (χ3n) is 15.9. The molecule has 0 atom stereocenters. The highest BCUT2D eigenvalue weighted by molar-refractivity contribution is 6.64. The first kappa shape index (κ1) is 62.2. The SMILES string of the molecule is C=CC(=O)OCCCCOC(=O)c1ccc(O)c(OC)c1.C=CC(=O)OCCCCOC(=O)c1ccc(OC(=O)C2CCC(C3CCC(CC)CC3)CC2)c(OC)c1.CCC1CCC(C2CCC(C(=O)Cl)CC2)CC1. The predicted octanol–water partition coefficient (Wildman–Crippen LogP) is 13.1. The molecule has 4 fully saturated rings. The summed E-state index contributed by atoms with van der Waals surface area (Å²) < 4.78 is 36.0. The predicted molar refractivity (Wildman–Crippen MR) is 288 cm³/mol. The fourth-order valence-electron chi connectivity index (χ4n) is 11.0. The molecule has 0 bridgehead atoms. The van der Waals surface area contributed by atoms with Crippen LogP contribution in [0.2, 0.25) is 0 Å². The Morgan fingerprint density at radius 1 is 0.520 bits per heavy atom. The number of esters is 5. The Morgan fingerprint density at radius 3 is 1.28 bits per heavy atom. The lowest BCUT2D eigenvalue weighted by atomic mass is 9.69. The van der Waals surface area contributed by atoms with Gasteiger partial charge in [-0.1, -0.05) is 65.5 Å². The molecular formula is C60H85ClO14. The average Bonchev–Trinajstić information content (AvgIpc) is 3.45. The quantitative estimate of drug-likeness (QED) is 0.0276. The maximum absolute atomic E-state index is 12.9. The first-order valence-electron chi connectivity index (χ1n) is 27.6. The van der Waals surface area contributed by atoms with Crippen LogP contribution in [-0.2, 0) is 38.1 Å². The minimum absolute atomic E-state index is 0.0434. The molecule has 0 heterocycles. The van der Waals surface area contributed by atoms with Crippen LogP contribution in [0.15, 0.2) is 61.7 Å². The summed E-state index contributed by atoms with van der Waals surface area (Å²) in [6, 6.07) is 8.91. The van der Waals surface area contributed by atoms with Crippen molar-refractivity contribution < 1.29 is 67.0 Å². The van der Waals surface area contributed by atoms with Gasteiger partial charge in [0, 0.05) is 18.1 Å². The van der Waals surface area contributed by atoms with E-state index in [4.69, 9.17) is 44.8 Å². The number of unbranched alkanes of at least 4 members (excludes halogenated alkanes) is 2. The molecule has 0 aliphatic heterocycles. The molecule has 0 unspecified atom stereocenters. The van der Waals surface area contributed by atoms with Gasteiger partial charge in [-0.25, -0.2) is 19.2 Å². The minimum Gasteiger partial charge on any atom is -0.504 e. The van der Waals surface area contributed by atoms with Gasteiger partial charge in [-0.15, -0.1) is 0 Å². The molecule has 2 aromatic carbocycles. The summed E-state index contributed by atoms with van der Waals surface area (Å²) in [5, 5.41) is 9.33. The Hall–Kier alpha value is -5.37. The molecule has 4 aliphatic rings. The summed E-state index contributed by atoms with van der Waals surface area (Å²) in [6.45, 7) is 12.2. The van der Waals surface area contributed by atoms with Gasteiger partial charge in [-0.3, -0.25) is 9.59 Å². The number of rotatable bonds is 23. The van der Waals surface area contributed by atoms with Crippen molar-refractivity contribution in [3.05, 3.63) is 72.8 Å². The van der Waals surface area contributed by atoms with Crippen LogP contribution in [0.5, 0.6) is 23.0 Å². The molecule has 2 aromatic rings. The first-order valence-corrected chi connectivity index (χ1v) is 28.0. The molecule has 15 heteroatoms. The Kier molecular flexibility index (Phi) is 28.5. The van der Waals surface area contributed by atoms with E-state index in [-0.39, 0.29) is 61.0 Å². The van der Waals surface area contributed by atoms with Crippen molar-refractivity contribution in [3.8, 4) is 23.0 Å². The molecule has 14 nitrogen and oxygen atoms in total. The van der Waals surface area contributed by atoms with Crippen LogP contribution in [0.4, 0.5) is 0 Å². The van der Waals surface area contributed by atoms with E-state index in [0.29, 0.717) is 48.3 Å². The number of methoxy groups -OCH3 is 2. The topological polar surface area (TPSA) is 187 Å². The number of hydrogen-bond donors (Lipinski definition) is 1. The molecular weight excluding hydrogens is 980 g/mol. The number of phenols is 1. The number of hydrogen-bond acceptors (Lipinski definition) is 14. The minimum atomic E-state index is -0.503. The summed E-state index contributed by atoms with van der Waals surface area (Å²) in [7, 11) is 2.87. The monoisotopic (exact) mass is 1060 g/mol. The zero-order valence-corrected chi connectivity index (χ0v) is 45.9. The van der Waals surface area contributed by atoms with Crippen LogP contribution in [0, 0.1) is 47.3 Å². The zero-order chi connectivity index (χ0) is 54.5.